The Kier molecular flexibility index (Phi) is 8.99. The second kappa shape index (κ2) is 8.79. The maximum absolute atomic E-state index is 10.0. The molecule has 0 spiro atoms. The second-order valence-corrected chi connectivity index (χ2v) is 18.6. The number of aliphatic hydroxyl groups is 2. The van der Waals surface area contributed by atoms with E-state index in [1.807, 2.05) is 6.92 Å². The summed E-state index contributed by atoms with van der Waals surface area (Å²) in [6, 6.07) is 0. The zero-order chi connectivity index (χ0) is 16.0. The molecule has 0 aliphatic carbocycles. The lowest BCUT2D eigenvalue weighted by molar-refractivity contribution is -0.0313. The molecule has 2 atom stereocenters. The van der Waals surface area contributed by atoms with Crippen LogP contribution in [-0.2, 0) is 13.0 Å². The Morgan fingerprint density at radius 2 is 1.45 bits per heavy atom. The monoisotopic (exact) mass is 340 g/mol. The third kappa shape index (κ3) is 9.40. The molecule has 0 amide bonds. The van der Waals surface area contributed by atoms with Gasteiger partial charge in [-0.1, -0.05) is 6.92 Å². The highest BCUT2D eigenvalue weighted by molar-refractivity contribution is 6.81. The first-order valence-electron chi connectivity index (χ1n) is 7.26. The van der Waals surface area contributed by atoms with Crippen LogP contribution in [0, 0.1) is 0 Å². The summed E-state index contributed by atoms with van der Waals surface area (Å²) in [5.41, 5.74) is -0.515. The van der Waals surface area contributed by atoms with E-state index in [0.717, 1.165) is 6.42 Å². The molecule has 122 valence electrons. The van der Waals surface area contributed by atoms with Gasteiger partial charge in [-0.2, -0.15) is 0 Å². The molecule has 2 N–H and O–H groups in total. The van der Waals surface area contributed by atoms with Crippen LogP contribution in [0.5, 0.6) is 0 Å². The summed E-state index contributed by atoms with van der Waals surface area (Å²) < 4.78 is 18.1. The van der Waals surface area contributed by atoms with E-state index in [9.17, 15) is 10.2 Å². The minimum absolute atomic E-state index is 0.331. The Balaban J connectivity index is 5.06. The van der Waals surface area contributed by atoms with Crippen molar-refractivity contribution in [1.29, 1.82) is 0 Å². The van der Waals surface area contributed by atoms with Gasteiger partial charge in [-0.3, -0.25) is 0 Å². The minimum atomic E-state index is -2.21. The van der Waals surface area contributed by atoms with Gasteiger partial charge in [-0.15, -0.1) is 0 Å². The van der Waals surface area contributed by atoms with Crippen LogP contribution in [0.15, 0.2) is 0 Å². The van der Waals surface area contributed by atoms with Gasteiger partial charge in [0.25, 0.3) is 0 Å². The van der Waals surface area contributed by atoms with Crippen LogP contribution in [0.1, 0.15) is 13.3 Å². The Morgan fingerprint density at radius 3 is 1.75 bits per heavy atom. The van der Waals surface area contributed by atoms with E-state index in [-0.39, 0.29) is 6.61 Å². The Morgan fingerprint density at radius 1 is 1.00 bits per heavy atom. The van der Waals surface area contributed by atoms with Crippen molar-refractivity contribution in [2.45, 2.75) is 64.5 Å². The Labute approximate surface area is 127 Å². The van der Waals surface area contributed by atoms with Crippen molar-refractivity contribution in [2.24, 2.45) is 0 Å². The molecule has 0 aliphatic heterocycles. The van der Waals surface area contributed by atoms with Crippen LogP contribution in [0.25, 0.3) is 0 Å². The van der Waals surface area contributed by atoms with Crippen molar-refractivity contribution < 1.29 is 23.2 Å². The van der Waals surface area contributed by atoms with Crippen LogP contribution in [0.2, 0.25) is 39.3 Å². The number of ether oxygens (including phenoxy) is 1. The molecule has 0 aromatic carbocycles. The topological polar surface area (TPSA) is 68.2 Å². The van der Waals surface area contributed by atoms with Crippen LogP contribution in [0.4, 0.5) is 0 Å². The SMILES string of the molecule is CCCOC(C(O)CO)[SiH](O[Si](C)(C)C)O[Si](C)(C)C. The molecule has 20 heavy (non-hydrogen) atoms. The van der Waals surface area contributed by atoms with Crippen LogP contribution in [-0.4, -0.2) is 61.2 Å². The first-order chi connectivity index (χ1) is 9.00. The maximum Gasteiger partial charge on any atom is 0.333 e. The van der Waals surface area contributed by atoms with E-state index in [1.165, 1.54) is 0 Å². The molecular formula is C12H32O5Si3. The summed E-state index contributed by atoms with van der Waals surface area (Å²) in [5.74, 6) is 0. The number of aliphatic hydroxyl groups excluding tert-OH is 2. The van der Waals surface area contributed by atoms with Gasteiger partial charge >= 0.3 is 9.28 Å². The van der Waals surface area contributed by atoms with Crippen molar-refractivity contribution in [1.82, 2.24) is 0 Å². The van der Waals surface area contributed by atoms with Gasteiger partial charge in [0.2, 0.25) is 0 Å². The summed E-state index contributed by atoms with van der Waals surface area (Å²) in [5, 5.41) is 19.3. The van der Waals surface area contributed by atoms with Gasteiger partial charge in [0.15, 0.2) is 16.6 Å². The molecule has 0 heterocycles. The summed E-state index contributed by atoms with van der Waals surface area (Å²) in [6.45, 7) is 14.8. The molecule has 0 aromatic heterocycles. The second-order valence-electron chi connectivity index (χ2n) is 6.91. The van der Waals surface area contributed by atoms with Crippen molar-refractivity contribution in [2.75, 3.05) is 13.2 Å². The van der Waals surface area contributed by atoms with Gasteiger partial charge in [0.05, 0.1) is 6.61 Å². The third-order valence-corrected chi connectivity index (χ3v) is 11.0. The average Bonchev–Trinajstić information content (AvgIpc) is 2.24. The van der Waals surface area contributed by atoms with Crippen LogP contribution >= 0.6 is 0 Å². The van der Waals surface area contributed by atoms with E-state index in [2.05, 4.69) is 39.3 Å². The molecule has 0 rings (SSSR count). The van der Waals surface area contributed by atoms with Crippen molar-refractivity contribution in [3.05, 3.63) is 0 Å². The number of hydrogen-bond donors (Lipinski definition) is 2. The summed E-state index contributed by atoms with van der Waals surface area (Å²) >= 11 is 0. The molecule has 5 nitrogen and oxygen atoms in total. The zero-order valence-electron chi connectivity index (χ0n) is 14.0. The quantitative estimate of drug-likeness (QED) is 0.591. The summed E-state index contributed by atoms with van der Waals surface area (Å²) in [4.78, 5) is 0. The highest BCUT2D eigenvalue weighted by Gasteiger charge is 2.39. The third-order valence-electron chi connectivity index (χ3n) is 2.29. The highest BCUT2D eigenvalue weighted by atomic mass is 28.4. The summed E-state index contributed by atoms with van der Waals surface area (Å²) in [6.07, 6.45) is -0.0822. The lowest BCUT2D eigenvalue weighted by Gasteiger charge is -2.36. The number of hydrogen-bond acceptors (Lipinski definition) is 5. The highest BCUT2D eigenvalue weighted by Crippen LogP contribution is 2.18. The summed E-state index contributed by atoms with van der Waals surface area (Å²) in [7, 11) is -5.80. The first-order valence-corrected chi connectivity index (χ1v) is 15.7. The molecule has 0 saturated carbocycles. The van der Waals surface area contributed by atoms with Gasteiger partial charge in [0.1, 0.15) is 11.8 Å². The Bertz CT molecular complexity index is 249. The van der Waals surface area contributed by atoms with Crippen molar-refractivity contribution >= 4 is 25.9 Å². The Hall–Kier alpha value is 0.451. The normalized spacial score (nSPS) is 16.5. The molecule has 0 aliphatic rings. The molecule has 0 bridgehead atoms. The predicted octanol–water partition coefficient (Wildman–Crippen LogP) is 1.60. The van der Waals surface area contributed by atoms with Crippen LogP contribution in [0.3, 0.4) is 0 Å². The average molecular weight is 341 g/mol. The van der Waals surface area contributed by atoms with Crippen molar-refractivity contribution in [3.8, 4) is 0 Å². The van der Waals surface area contributed by atoms with E-state index < -0.39 is 37.7 Å². The van der Waals surface area contributed by atoms with Crippen molar-refractivity contribution in [3.63, 3.8) is 0 Å². The largest absolute Gasteiger partial charge is 0.437 e. The van der Waals surface area contributed by atoms with E-state index in [1.54, 1.807) is 0 Å². The van der Waals surface area contributed by atoms with E-state index >= 15 is 0 Å². The maximum atomic E-state index is 10.0. The fourth-order valence-corrected chi connectivity index (χ4v) is 9.64. The molecular weight excluding hydrogens is 308 g/mol. The van der Waals surface area contributed by atoms with Gasteiger partial charge < -0.3 is 23.2 Å². The molecule has 2 unspecified atom stereocenters. The first kappa shape index (κ1) is 20.5. The fourth-order valence-electron chi connectivity index (χ4n) is 1.58. The fraction of sp³-hybridized carbons (Fsp3) is 1.00. The lowest BCUT2D eigenvalue weighted by atomic mass is 10.4. The molecule has 0 fully saturated rings. The lowest BCUT2D eigenvalue weighted by Crippen LogP contribution is -2.55. The zero-order valence-corrected chi connectivity index (χ0v) is 17.1. The van der Waals surface area contributed by atoms with Gasteiger partial charge in [0, 0.05) is 6.61 Å². The smallest absolute Gasteiger partial charge is 0.333 e. The van der Waals surface area contributed by atoms with Crippen LogP contribution < -0.4 is 0 Å². The minimum Gasteiger partial charge on any atom is -0.437 e. The van der Waals surface area contributed by atoms with Gasteiger partial charge in [-0.25, -0.2) is 0 Å². The van der Waals surface area contributed by atoms with E-state index in [0.29, 0.717) is 6.61 Å². The molecule has 8 heteroatoms. The van der Waals surface area contributed by atoms with E-state index in [4.69, 9.17) is 13.0 Å². The number of rotatable bonds is 10. The molecule has 0 aromatic rings. The molecule has 0 saturated heterocycles. The standard InChI is InChI=1S/C12H32O5Si3/c1-8-9-15-12(11(14)10-13)18(16-19(2,3)4)17-20(5,6)7/h11-14,18H,8-10H2,1-7H3. The van der Waals surface area contributed by atoms with Gasteiger partial charge in [-0.05, 0) is 45.7 Å². The predicted molar refractivity (Wildman–Crippen MR) is 89.1 cm³/mol. The molecule has 0 radical (unpaired) electrons.